The van der Waals surface area contributed by atoms with Gasteiger partial charge >= 0.3 is 0 Å². The second-order valence-electron chi connectivity index (χ2n) is 3.63. The molecule has 0 aromatic carbocycles. The molecule has 0 spiro atoms. The van der Waals surface area contributed by atoms with Gasteiger partial charge in [-0.05, 0) is 29.5 Å². The molecule has 0 radical (unpaired) electrons. The minimum absolute atomic E-state index is 0.343. The van der Waals surface area contributed by atoms with E-state index in [1.165, 1.54) is 17.4 Å². The van der Waals surface area contributed by atoms with Crippen LogP contribution in [0.15, 0.2) is 23.8 Å². The minimum Gasteiger partial charge on any atom is -0.271 e. The first-order chi connectivity index (χ1) is 8.13. The molecule has 1 unspecified atom stereocenters. The molecule has 0 fully saturated rings. The Morgan fingerprint density at radius 2 is 2.29 bits per heavy atom. The van der Waals surface area contributed by atoms with Crippen molar-refractivity contribution in [1.29, 1.82) is 0 Å². The molecule has 90 valence electrons. The van der Waals surface area contributed by atoms with Crippen LogP contribution in [0.2, 0.25) is 5.02 Å². The van der Waals surface area contributed by atoms with Crippen LogP contribution in [0.25, 0.3) is 0 Å². The molecule has 0 aliphatic carbocycles. The summed E-state index contributed by atoms with van der Waals surface area (Å²) >= 11 is 7.66. The van der Waals surface area contributed by atoms with Gasteiger partial charge in [0, 0.05) is 11.1 Å². The van der Waals surface area contributed by atoms with Crippen molar-refractivity contribution in [3.05, 3.63) is 50.7 Å². The number of nitrogens with one attached hydrogen (secondary N) is 1. The zero-order valence-corrected chi connectivity index (χ0v) is 10.6. The van der Waals surface area contributed by atoms with E-state index in [1.807, 2.05) is 12.3 Å². The number of aryl methyl sites for hydroxylation is 1. The number of halogens is 2. The average Bonchev–Trinajstić information content (AvgIpc) is 2.63. The van der Waals surface area contributed by atoms with Crippen molar-refractivity contribution in [1.82, 2.24) is 10.4 Å². The summed E-state index contributed by atoms with van der Waals surface area (Å²) in [5, 5.41) is 2.59. The topological polar surface area (TPSA) is 50.9 Å². The van der Waals surface area contributed by atoms with Crippen LogP contribution < -0.4 is 11.3 Å². The van der Waals surface area contributed by atoms with Gasteiger partial charge in [0.15, 0.2) is 0 Å². The van der Waals surface area contributed by atoms with E-state index in [-0.39, 0.29) is 6.04 Å². The van der Waals surface area contributed by atoms with Crippen molar-refractivity contribution in [3.8, 4) is 0 Å². The second-order valence-corrected chi connectivity index (χ2v) is 4.92. The van der Waals surface area contributed by atoms with E-state index in [1.54, 1.807) is 6.20 Å². The molecule has 0 saturated carbocycles. The Hall–Kier alpha value is -1.01. The Balaban J connectivity index is 2.44. The molecule has 2 rings (SSSR count). The first-order valence-corrected chi connectivity index (χ1v) is 6.19. The third kappa shape index (κ3) is 2.47. The highest BCUT2D eigenvalue weighted by Crippen LogP contribution is 2.35. The highest BCUT2D eigenvalue weighted by Gasteiger charge is 2.19. The minimum atomic E-state index is -0.396. The van der Waals surface area contributed by atoms with E-state index in [2.05, 4.69) is 10.4 Å². The maximum Gasteiger partial charge on any atom is 0.141 e. The lowest BCUT2D eigenvalue weighted by Crippen LogP contribution is -2.28. The lowest BCUT2D eigenvalue weighted by Gasteiger charge is -2.15. The van der Waals surface area contributed by atoms with Gasteiger partial charge in [-0.15, -0.1) is 11.3 Å². The fourth-order valence-electron chi connectivity index (χ4n) is 1.55. The van der Waals surface area contributed by atoms with Crippen LogP contribution in [0.3, 0.4) is 0 Å². The third-order valence-corrected chi connectivity index (χ3v) is 4.19. The Morgan fingerprint density at radius 3 is 2.82 bits per heavy atom. The van der Waals surface area contributed by atoms with Crippen molar-refractivity contribution in [2.45, 2.75) is 13.0 Å². The van der Waals surface area contributed by atoms with Crippen LogP contribution in [0.4, 0.5) is 4.39 Å². The molecule has 0 amide bonds. The standard InChI is InChI=1S/C11H11ClFN3S/c1-6-5-17-11(9(6)12)10(16-14)7-2-8(13)4-15-3-7/h2-5,10,16H,14H2,1H3. The number of hydrogen-bond acceptors (Lipinski definition) is 4. The highest BCUT2D eigenvalue weighted by atomic mass is 35.5. The molecule has 0 aliphatic rings. The smallest absolute Gasteiger partial charge is 0.141 e. The molecule has 0 aliphatic heterocycles. The first-order valence-electron chi connectivity index (χ1n) is 4.93. The summed E-state index contributed by atoms with van der Waals surface area (Å²) in [6, 6.07) is 1.05. The van der Waals surface area contributed by atoms with Crippen LogP contribution >= 0.6 is 22.9 Å². The SMILES string of the molecule is Cc1csc(C(NN)c2cncc(F)c2)c1Cl. The number of pyridine rings is 1. The van der Waals surface area contributed by atoms with Crippen molar-refractivity contribution < 1.29 is 4.39 Å². The van der Waals surface area contributed by atoms with E-state index in [4.69, 9.17) is 17.4 Å². The number of aromatic nitrogens is 1. The molecular formula is C11H11ClFN3S. The summed E-state index contributed by atoms with van der Waals surface area (Å²) in [5.74, 6) is 5.12. The Kier molecular flexibility index (Phi) is 3.73. The molecule has 3 N–H and O–H groups in total. The monoisotopic (exact) mass is 271 g/mol. The van der Waals surface area contributed by atoms with Crippen LogP contribution in [-0.2, 0) is 0 Å². The summed E-state index contributed by atoms with van der Waals surface area (Å²) in [5.41, 5.74) is 4.27. The maximum absolute atomic E-state index is 13.1. The predicted octanol–water partition coefficient (Wildman–Crippen LogP) is 2.80. The van der Waals surface area contributed by atoms with Gasteiger partial charge in [-0.1, -0.05) is 11.6 Å². The summed E-state index contributed by atoms with van der Waals surface area (Å²) in [4.78, 5) is 4.67. The fraction of sp³-hybridized carbons (Fsp3) is 0.182. The van der Waals surface area contributed by atoms with Crippen LogP contribution in [0.5, 0.6) is 0 Å². The lowest BCUT2D eigenvalue weighted by atomic mass is 10.1. The first kappa shape index (κ1) is 12.4. The normalized spacial score (nSPS) is 12.7. The van der Waals surface area contributed by atoms with Gasteiger partial charge in [0.2, 0.25) is 0 Å². The molecule has 1 atom stereocenters. The van der Waals surface area contributed by atoms with E-state index >= 15 is 0 Å². The third-order valence-electron chi connectivity index (χ3n) is 2.41. The number of nitrogens with two attached hydrogens (primary N) is 1. The predicted molar refractivity (Wildman–Crippen MR) is 67.4 cm³/mol. The molecule has 0 bridgehead atoms. The van der Waals surface area contributed by atoms with Crippen molar-refractivity contribution >= 4 is 22.9 Å². The molecule has 0 saturated heterocycles. The maximum atomic E-state index is 13.1. The fourth-order valence-corrected chi connectivity index (χ4v) is 2.94. The summed E-state index contributed by atoms with van der Waals surface area (Å²) in [6.07, 6.45) is 2.72. The zero-order chi connectivity index (χ0) is 12.4. The Bertz CT molecular complexity index is 529. The van der Waals surface area contributed by atoms with Gasteiger partial charge in [0.1, 0.15) is 5.82 Å². The molecule has 17 heavy (non-hydrogen) atoms. The van der Waals surface area contributed by atoms with E-state index in [9.17, 15) is 4.39 Å². The van der Waals surface area contributed by atoms with Gasteiger partial charge in [-0.2, -0.15) is 0 Å². The van der Waals surface area contributed by atoms with Crippen LogP contribution in [0, 0.1) is 12.7 Å². The van der Waals surface area contributed by atoms with Crippen molar-refractivity contribution in [2.24, 2.45) is 5.84 Å². The molecule has 2 aromatic heterocycles. The van der Waals surface area contributed by atoms with E-state index in [0.29, 0.717) is 10.6 Å². The number of nitrogens with zero attached hydrogens (tertiary/aromatic N) is 1. The molecule has 2 heterocycles. The van der Waals surface area contributed by atoms with Gasteiger partial charge in [-0.25, -0.2) is 9.82 Å². The zero-order valence-electron chi connectivity index (χ0n) is 9.08. The van der Waals surface area contributed by atoms with Gasteiger partial charge in [0.05, 0.1) is 17.3 Å². The number of thiophene rings is 1. The molecule has 2 aromatic rings. The van der Waals surface area contributed by atoms with E-state index < -0.39 is 5.82 Å². The summed E-state index contributed by atoms with van der Waals surface area (Å²) in [7, 11) is 0. The highest BCUT2D eigenvalue weighted by molar-refractivity contribution is 7.10. The largest absolute Gasteiger partial charge is 0.271 e. The van der Waals surface area contributed by atoms with Crippen molar-refractivity contribution in [3.63, 3.8) is 0 Å². The second kappa shape index (κ2) is 5.10. The summed E-state index contributed by atoms with van der Waals surface area (Å²) in [6.45, 7) is 1.92. The molecular weight excluding hydrogens is 261 g/mol. The molecule has 6 heteroatoms. The van der Waals surface area contributed by atoms with Gasteiger partial charge in [-0.3, -0.25) is 10.8 Å². The summed E-state index contributed by atoms with van der Waals surface area (Å²) < 4.78 is 13.1. The number of hydrazine groups is 1. The Morgan fingerprint density at radius 1 is 1.53 bits per heavy atom. The van der Waals surface area contributed by atoms with E-state index in [0.717, 1.165) is 16.6 Å². The van der Waals surface area contributed by atoms with Crippen LogP contribution in [-0.4, -0.2) is 4.98 Å². The quantitative estimate of drug-likeness (QED) is 0.667. The van der Waals surface area contributed by atoms with Gasteiger partial charge < -0.3 is 0 Å². The number of rotatable bonds is 3. The average molecular weight is 272 g/mol. The Labute approximate surface area is 107 Å². The lowest BCUT2D eigenvalue weighted by molar-refractivity contribution is 0.601. The van der Waals surface area contributed by atoms with Gasteiger partial charge in [0.25, 0.3) is 0 Å². The van der Waals surface area contributed by atoms with Crippen LogP contribution in [0.1, 0.15) is 22.0 Å². The van der Waals surface area contributed by atoms with Crippen molar-refractivity contribution in [2.75, 3.05) is 0 Å². The number of hydrogen-bond donors (Lipinski definition) is 2. The molecule has 3 nitrogen and oxygen atoms in total.